The lowest BCUT2D eigenvalue weighted by Gasteiger charge is -2.18. The lowest BCUT2D eigenvalue weighted by Crippen LogP contribution is -2.30. The van der Waals surface area contributed by atoms with Crippen LogP contribution < -0.4 is 0 Å². The molecule has 0 atom stereocenters. The van der Waals surface area contributed by atoms with Gasteiger partial charge in [0.1, 0.15) is 5.82 Å². The fourth-order valence-electron chi connectivity index (χ4n) is 1.89. The number of halogens is 4. The highest BCUT2D eigenvalue weighted by atomic mass is 19.4. The molecule has 1 aromatic rings. The molecule has 0 radical (unpaired) electrons. The minimum Gasteiger partial charge on any atom is -0.341 e. The second kappa shape index (κ2) is 4.83. The van der Waals surface area contributed by atoms with Gasteiger partial charge >= 0.3 is 6.18 Å². The van der Waals surface area contributed by atoms with Gasteiger partial charge in [-0.2, -0.15) is 13.2 Å². The van der Waals surface area contributed by atoms with Crippen molar-refractivity contribution in [2.24, 2.45) is 5.92 Å². The minimum atomic E-state index is -4.80. The van der Waals surface area contributed by atoms with Gasteiger partial charge in [-0.05, 0) is 30.9 Å². The van der Waals surface area contributed by atoms with Crippen LogP contribution in [0.4, 0.5) is 17.6 Å². The average molecular weight is 275 g/mol. The Bertz CT molecular complexity index is 494. The topological polar surface area (TPSA) is 20.3 Å². The number of amides is 1. The van der Waals surface area contributed by atoms with Crippen molar-refractivity contribution in [1.29, 1.82) is 0 Å². The van der Waals surface area contributed by atoms with Gasteiger partial charge in [0.05, 0.1) is 11.1 Å². The van der Waals surface area contributed by atoms with Gasteiger partial charge in [0.25, 0.3) is 5.91 Å². The molecule has 19 heavy (non-hydrogen) atoms. The predicted octanol–water partition coefficient (Wildman–Crippen LogP) is 3.33. The first-order valence-corrected chi connectivity index (χ1v) is 5.92. The Hall–Kier alpha value is -1.59. The molecule has 0 bridgehead atoms. The smallest absolute Gasteiger partial charge is 0.341 e. The molecule has 2 nitrogen and oxygen atoms in total. The summed E-state index contributed by atoms with van der Waals surface area (Å²) in [4.78, 5) is 13.2. The summed E-state index contributed by atoms with van der Waals surface area (Å²) in [5, 5.41) is 0. The van der Waals surface area contributed by atoms with Gasteiger partial charge in [-0.3, -0.25) is 4.79 Å². The minimum absolute atomic E-state index is 0.391. The van der Waals surface area contributed by atoms with E-state index in [1.54, 1.807) is 0 Å². The van der Waals surface area contributed by atoms with Gasteiger partial charge in [0, 0.05) is 13.6 Å². The Morgan fingerprint density at radius 2 is 2.00 bits per heavy atom. The predicted molar refractivity (Wildman–Crippen MR) is 61.1 cm³/mol. The van der Waals surface area contributed by atoms with E-state index in [0.29, 0.717) is 18.5 Å². The van der Waals surface area contributed by atoms with Crippen LogP contribution in [0, 0.1) is 11.7 Å². The summed E-state index contributed by atoms with van der Waals surface area (Å²) in [7, 11) is 1.47. The summed E-state index contributed by atoms with van der Waals surface area (Å²) in [5.74, 6) is -1.82. The maximum atomic E-state index is 13.8. The van der Waals surface area contributed by atoms with Crippen LogP contribution in [0.2, 0.25) is 0 Å². The van der Waals surface area contributed by atoms with Crippen molar-refractivity contribution >= 4 is 5.91 Å². The quantitative estimate of drug-likeness (QED) is 0.775. The molecule has 1 aromatic carbocycles. The molecule has 1 saturated carbocycles. The van der Waals surface area contributed by atoms with Gasteiger partial charge in [-0.1, -0.05) is 6.07 Å². The number of hydrogen-bond donors (Lipinski definition) is 0. The van der Waals surface area contributed by atoms with Crippen LogP contribution in [0.25, 0.3) is 0 Å². The van der Waals surface area contributed by atoms with E-state index >= 15 is 0 Å². The summed E-state index contributed by atoms with van der Waals surface area (Å²) in [6.07, 6.45) is -2.79. The van der Waals surface area contributed by atoms with Crippen molar-refractivity contribution in [3.05, 3.63) is 35.1 Å². The highest BCUT2D eigenvalue weighted by Crippen LogP contribution is 2.33. The van der Waals surface area contributed by atoms with E-state index in [1.807, 2.05) is 0 Å². The molecule has 0 aliphatic heterocycles. The molecule has 1 amide bonds. The van der Waals surface area contributed by atoms with E-state index in [4.69, 9.17) is 0 Å². The number of rotatable bonds is 3. The molecule has 0 unspecified atom stereocenters. The van der Waals surface area contributed by atoms with Crippen molar-refractivity contribution in [3.63, 3.8) is 0 Å². The third kappa shape index (κ3) is 3.05. The van der Waals surface area contributed by atoms with Gasteiger partial charge in [0.15, 0.2) is 0 Å². The second-order valence-electron chi connectivity index (χ2n) is 4.79. The van der Waals surface area contributed by atoms with Gasteiger partial charge in [-0.15, -0.1) is 0 Å². The molecular weight excluding hydrogens is 262 g/mol. The molecule has 1 aliphatic rings. The first-order valence-electron chi connectivity index (χ1n) is 5.92. The van der Waals surface area contributed by atoms with E-state index in [1.165, 1.54) is 11.9 Å². The molecule has 0 heterocycles. The Labute approximate surface area is 108 Å². The molecule has 0 N–H and O–H groups in total. The third-order valence-electron chi connectivity index (χ3n) is 3.11. The van der Waals surface area contributed by atoms with E-state index in [9.17, 15) is 22.4 Å². The number of carbonyl (C=O) groups excluding carboxylic acids is 1. The molecule has 0 saturated heterocycles. The summed E-state index contributed by atoms with van der Waals surface area (Å²) in [6.45, 7) is 0.453. The Morgan fingerprint density at radius 3 is 2.53 bits per heavy atom. The summed E-state index contributed by atoms with van der Waals surface area (Å²) in [5.41, 5.74) is -1.93. The molecule has 0 aromatic heterocycles. The van der Waals surface area contributed by atoms with E-state index in [0.717, 1.165) is 25.0 Å². The zero-order valence-electron chi connectivity index (χ0n) is 10.3. The molecule has 104 valence electrons. The van der Waals surface area contributed by atoms with Gasteiger partial charge in [0.2, 0.25) is 0 Å². The molecule has 2 rings (SSSR count). The summed E-state index contributed by atoms with van der Waals surface area (Å²) in [6, 6.07) is 2.76. The van der Waals surface area contributed by atoms with Crippen LogP contribution in [-0.4, -0.2) is 24.4 Å². The SMILES string of the molecule is CN(CC1CC1)C(=O)c1cccc(C(F)(F)F)c1F. The Kier molecular flexibility index (Phi) is 3.52. The van der Waals surface area contributed by atoms with E-state index in [-0.39, 0.29) is 0 Å². The Morgan fingerprint density at radius 1 is 1.37 bits per heavy atom. The van der Waals surface area contributed by atoms with Crippen LogP contribution in [0.15, 0.2) is 18.2 Å². The standard InChI is InChI=1S/C13H13F4NO/c1-18(7-8-5-6-8)12(19)9-3-2-4-10(11(9)14)13(15,16)17/h2-4,8H,5-7H2,1H3. The van der Waals surface area contributed by atoms with Crippen LogP contribution in [0.1, 0.15) is 28.8 Å². The highest BCUT2D eigenvalue weighted by Gasteiger charge is 2.36. The van der Waals surface area contributed by atoms with Crippen LogP contribution in [0.5, 0.6) is 0 Å². The van der Waals surface area contributed by atoms with Crippen LogP contribution in [0.3, 0.4) is 0 Å². The first kappa shape index (κ1) is 13.8. The van der Waals surface area contributed by atoms with Gasteiger partial charge < -0.3 is 4.90 Å². The van der Waals surface area contributed by atoms with Crippen molar-refractivity contribution in [1.82, 2.24) is 4.90 Å². The number of hydrogen-bond acceptors (Lipinski definition) is 1. The molecule has 1 aliphatic carbocycles. The largest absolute Gasteiger partial charge is 0.419 e. The monoisotopic (exact) mass is 275 g/mol. The fourth-order valence-corrected chi connectivity index (χ4v) is 1.89. The van der Waals surface area contributed by atoms with Crippen molar-refractivity contribution in [2.45, 2.75) is 19.0 Å². The number of alkyl halides is 3. The second-order valence-corrected chi connectivity index (χ2v) is 4.79. The zero-order chi connectivity index (χ0) is 14.2. The average Bonchev–Trinajstić information content (AvgIpc) is 3.10. The van der Waals surface area contributed by atoms with Gasteiger partial charge in [-0.25, -0.2) is 4.39 Å². The molecule has 6 heteroatoms. The molecule has 0 spiro atoms. The van der Waals surface area contributed by atoms with Crippen LogP contribution in [-0.2, 0) is 6.18 Å². The van der Waals surface area contributed by atoms with Crippen molar-refractivity contribution in [3.8, 4) is 0 Å². The summed E-state index contributed by atoms with van der Waals surface area (Å²) >= 11 is 0. The van der Waals surface area contributed by atoms with Crippen molar-refractivity contribution < 1.29 is 22.4 Å². The zero-order valence-corrected chi connectivity index (χ0v) is 10.3. The summed E-state index contributed by atoms with van der Waals surface area (Å²) < 4.78 is 51.4. The third-order valence-corrected chi connectivity index (χ3v) is 3.11. The maximum Gasteiger partial charge on any atom is 0.419 e. The lowest BCUT2D eigenvalue weighted by atomic mass is 10.1. The number of nitrogens with zero attached hydrogens (tertiary/aromatic N) is 1. The molecular formula is C13H13F4NO. The first-order chi connectivity index (χ1) is 8.80. The van der Waals surface area contributed by atoms with E-state index in [2.05, 4.69) is 0 Å². The van der Waals surface area contributed by atoms with E-state index < -0.39 is 29.0 Å². The fraction of sp³-hybridized carbons (Fsp3) is 0.462. The lowest BCUT2D eigenvalue weighted by molar-refractivity contribution is -0.140. The van der Waals surface area contributed by atoms with Crippen LogP contribution >= 0.6 is 0 Å². The highest BCUT2D eigenvalue weighted by molar-refractivity contribution is 5.94. The number of carbonyl (C=O) groups is 1. The normalized spacial score (nSPS) is 15.4. The molecule has 1 fully saturated rings. The maximum absolute atomic E-state index is 13.8. The number of benzene rings is 1. The Balaban J connectivity index is 2.26. The van der Waals surface area contributed by atoms with Crippen molar-refractivity contribution in [2.75, 3.05) is 13.6 Å².